The van der Waals surface area contributed by atoms with E-state index in [9.17, 15) is 18.0 Å². The van der Waals surface area contributed by atoms with Crippen molar-refractivity contribution in [2.24, 2.45) is 0 Å². The summed E-state index contributed by atoms with van der Waals surface area (Å²) in [5.41, 5.74) is 0. The maximum absolute atomic E-state index is 12.4. The van der Waals surface area contributed by atoms with Crippen LogP contribution >= 0.6 is 0 Å². The van der Waals surface area contributed by atoms with Gasteiger partial charge in [-0.1, -0.05) is 0 Å². The van der Waals surface area contributed by atoms with E-state index >= 15 is 0 Å². The minimum atomic E-state index is -4.89. The normalized spacial score (nSPS) is 16.9. The molecule has 1 heterocycles. The summed E-state index contributed by atoms with van der Waals surface area (Å²) in [7, 11) is 0. The minimum Gasteiger partial charge on any atom is -0.379 e. The number of amides is 1. The van der Waals surface area contributed by atoms with E-state index in [1.165, 1.54) is 0 Å². The van der Waals surface area contributed by atoms with Crippen LogP contribution in [-0.4, -0.2) is 67.8 Å². The van der Waals surface area contributed by atoms with Gasteiger partial charge in [0.2, 0.25) is 0 Å². The topological polar surface area (TPSA) is 56.6 Å². The number of hydrogen-bond donors (Lipinski definition) is 0. The maximum atomic E-state index is 12.4. The van der Waals surface area contributed by atoms with Gasteiger partial charge in [0, 0.05) is 32.7 Å². The highest BCUT2D eigenvalue weighted by molar-refractivity contribution is 5.81. The van der Waals surface area contributed by atoms with Crippen molar-refractivity contribution in [3.8, 4) is 6.07 Å². The van der Waals surface area contributed by atoms with E-state index in [1.807, 2.05) is 4.90 Å². The predicted octanol–water partition coefficient (Wildman–Crippen LogP) is 0.623. The Hall–Kier alpha value is -1.33. The molecule has 0 aromatic carbocycles. The van der Waals surface area contributed by atoms with Crippen LogP contribution in [0.25, 0.3) is 0 Å². The molecule has 1 fully saturated rings. The fourth-order valence-corrected chi connectivity index (χ4v) is 1.77. The van der Waals surface area contributed by atoms with E-state index in [-0.39, 0.29) is 19.5 Å². The van der Waals surface area contributed by atoms with Gasteiger partial charge >= 0.3 is 12.1 Å². The molecule has 108 valence electrons. The van der Waals surface area contributed by atoms with Gasteiger partial charge in [-0.2, -0.15) is 18.4 Å². The number of ether oxygens (including phenoxy) is 1. The number of hydrogen-bond acceptors (Lipinski definition) is 4. The first-order valence-corrected chi connectivity index (χ1v) is 5.98. The van der Waals surface area contributed by atoms with Gasteiger partial charge in [0.25, 0.3) is 0 Å². The van der Waals surface area contributed by atoms with E-state index in [1.54, 1.807) is 6.07 Å². The van der Waals surface area contributed by atoms with Crippen LogP contribution in [0.1, 0.15) is 6.42 Å². The van der Waals surface area contributed by atoms with Gasteiger partial charge in [-0.25, -0.2) is 0 Å². The van der Waals surface area contributed by atoms with Crippen LogP contribution in [0.2, 0.25) is 0 Å². The summed E-state index contributed by atoms with van der Waals surface area (Å²) in [5.74, 6) is -1.88. The van der Waals surface area contributed by atoms with Crippen LogP contribution < -0.4 is 0 Å². The highest BCUT2D eigenvalue weighted by Gasteiger charge is 2.42. The lowest BCUT2D eigenvalue weighted by molar-refractivity contribution is -0.185. The molecule has 1 saturated heterocycles. The summed E-state index contributed by atoms with van der Waals surface area (Å²) in [6.07, 6.45) is -4.99. The summed E-state index contributed by atoms with van der Waals surface area (Å²) in [6, 6.07) is 1.75. The molecule has 1 aliphatic rings. The zero-order chi connectivity index (χ0) is 14.3. The molecule has 0 atom stereocenters. The molecule has 0 aliphatic carbocycles. The number of carbonyl (C=O) groups excluding carboxylic acids is 1. The summed E-state index contributed by atoms with van der Waals surface area (Å²) in [4.78, 5) is 13.8. The van der Waals surface area contributed by atoms with Gasteiger partial charge in [0.05, 0.1) is 25.7 Å². The Morgan fingerprint density at radius 1 is 1.32 bits per heavy atom. The third kappa shape index (κ3) is 5.44. The number of morpholine rings is 1. The molecule has 0 radical (unpaired) electrons. The van der Waals surface area contributed by atoms with E-state index in [2.05, 4.69) is 0 Å². The standard InChI is InChI=1S/C11H16F3N3O2/c12-11(13,14)10(18)17(3-1-2-15)5-4-16-6-8-19-9-7-16/h1,3-9H2. The van der Waals surface area contributed by atoms with Gasteiger partial charge in [-0.05, 0) is 0 Å². The summed E-state index contributed by atoms with van der Waals surface area (Å²) in [5, 5.41) is 8.42. The molecule has 0 bridgehead atoms. The van der Waals surface area contributed by atoms with Crippen molar-refractivity contribution in [1.29, 1.82) is 5.26 Å². The molecule has 0 saturated carbocycles. The molecule has 0 aromatic rings. The molecule has 1 amide bonds. The zero-order valence-corrected chi connectivity index (χ0v) is 10.4. The monoisotopic (exact) mass is 279 g/mol. The lowest BCUT2D eigenvalue weighted by atomic mass is 10.3. The number of alkyl halides is 3. The van der Waals surface area contributed by atoms with E-state index in [0.717, 1.165) is 0 Å². The Kier molecular flexibility index (Phi) is 6.05. The molecule has 1 aliphatic heterocycles. The van der Waals surface area contributed by atoms with Gasteiger partial charge < -0.3 is 9.64 Å². The number of rotatable bonds is 5. The van der Waals surface area contributed by atoms with E-state index in [0.29, 0.717) is 37.7 Å². The van der Waals surface area contributed by atoms with E-state index < -0.39 is 12.1 Å². The van der Waals surface area contributed by atoms with Gasteiger partial charge in [-0.15, -0.1) is 0 Å². The fraction of sp³-hybridized carbons (Fsp3) is 0.818. The van der Waals surface area contributed by atoms with Crippen molar-refractivity contribution in [3.05, 3.63) is 0 Å². The van der Waals surface area contributed by atoms with E-state index in [4.69, 9.17) is 10.00 Å². The first-order chi connectivity index (χ1) is 8.95. The lowest BCUT2D eigenvalue weighted by Crippen LogP contribution is -2.47. The van der Waals surface area contributed by atoms with Crippen molar-refractivity contribution < 1.29 is 22.7 Å². The fourth-order valence-electron chi connectivity index (χ4n) is 1.77. The smallest absolute Gasteiger partial charge is 0.379 e. The Labute approximate surface area is 109 Å². The maximum Gasteiger partial charge on any atom is 0.471 e. The average molecular weight is 279 g/mol. The second-order valence-corrected chi connectivity index (χ2v) is 4.15. The summed E-state index contributed by atoms with van der Waals surface area (Å²) < 4.78 is 42.3. The quantitative estimate of drug-likeness (QED) is 0.740. The number of carbonyl (C=O) groups is 1. The zero-order valence-electron chi connectivity index (χ0n) is 10.4. The SMILES string of the molecule is N#CCCN(CCN1CCOCC1)C(=O)C(F)(F)F. The van der Waals surface area contributed by atoms with Crippen molar-refractivity contribution >= 4 is 5.91 Å². The first kappa shape index (κ1) is 15.7. The van der Waals surface area contributed by atoms with Gasteiger partial charge in [0.15, 0.2) is 0 Å². The molecule has 0 unspecified atom stereocenters. The predicted molar refractivity (Wildman–Crippen MR) is 60.1 cm³/mol. The highest BCUT2D eigenvalue weighted by Crippen LogP contribution is 2.18. The van der Waals surface area contributed by atoms with Crippen molar-refractivity contribution in [2.45, 2.75) is 12.6 Å². The van der Waals surface area contributed by atoms with Crippen LogP contribution in [-0.2, 0) is 9.53 Å². The number of halogens is 3. The Morgan fingerprint density at radius 3 is 2.47 bits per heavy atom. The number of nitrogens with zero attached hydrogens (tertiary/aromatic N) is 3. The van der Waals surface area contributed by atoms with Crippen LogP contribution in [0.4, 0.5) is 13.2 Å². The van der Waals surface area contributed by atoms with Crippen molar-refractivity contribution in [3.63, 3.8) is 0 Å². The van der Waals surface area contributed by atoms with Crippen LogP contribution in [0.15, 0.2) is 0 Å². The van der Waals surface area contributed by atoms with Crippen LogP contribution in [0, 0.1) is 11.3 Å². The average Bonchev–Trinajstić information content (AvgIpc) is 2.38. The Balaban J connectivity index is 2.49. The lowest BCUT2D eigenvalue weighted by Gasteiger charge is -2.30. The molecule has 0 aromatic heterocycles. The summed E-state index contributed by atoms with van der Waals surface area (Å²) >= 11 is 0. The molecular formula is C11H16F3N3O2. The van der Waals surface area contributed by atoms with Gasteiger partial charge in [0.1, 0.15) is 0 Å². The van der Waals surface area contributed by atoms with Crippen LogP contribution in [0.5, 0.6) is 0 Å². The third-order valence-corrected chi connectivity index (χ3v) is 2.81. The minimum absolute atomic E-state index is 0.0278. The molecule has 1 rings (SSSR count). The van der Waals surface area contributed by atoms with Crippen molar-refractivity contribution in [2.75, 3.05) is 45.9 Å². The first-order valence-electron chi connectivity index (χ1n) is 5.98. The molecule has 8 heteroatoms. The van der Waals surface area contributed by atoms with Crippen LogP contribution in [0.3, 0.4) is 0 Å². The molecule has 19 heavy (non-hydrogen) atoms. The Bertz CT molecular complexity index is 335. The molecular weight excluding hydrogens is 263 g/mol. The molecule has 5 nitrogen and oxygen atoms in total. The van der Waals surface area contributed by atoms with Crippen molar-refractivity contribution in [1.82, 2.24) is 9.80 Å². The highest BCUT2D eigenvalue weighted by atomic mass is 19.4. The second-order valence-electron chi connectivity index (χ2n) is 4.15. The Morgan fingerprint density at radius 2 is 1.95 bits per heavy atom. The molecule has 0 spiro atoms. The second kappa shape index (κ2) is 7.31. The van der Waals surface area contributed by atoms with Gasteiger partial charge in [-0.3, -0.25) is 9.69 Å². The molecule has 0 N–H and O–H groups in total. The number of nitriles is 1. The largest absolute Gasteiger partial charge is 0.471 e. The summed E-state index contributed by atoms with van der Waals surface area (Å²) in [6.45, 7) is 2.52. The third-order valence-electron chi connectivity index (χ3n) is 2.81.